The molecule has 3 saturated carbocycles. The molecule has 0 aromatic carbocycles. The lowest BCUT2D eigenvalue weighted by atomic mass is 9.45. The fourth-order valence-corrected chi connectivity index (χ4v) is 8.16. The van der Waals surface area contributed by atoms with Crippen molar-refractivity contribution >= 4 is 35.5 Å². The van der Waals surface area contributed by atoms with Crippen LogP contribution in [-0.2, 0) is 28.5 Å². The van der Waals surface area contributed by atoms with Gasteiger partial charge in [0.05, 0.1) is 24.2 Å². The number of ketones is 2. The van der Waals surface area contributed by atoms with Gasteiger partial charge in [-0.15, -0.1) is 11.6 Å². The molecule has 0 aliphatic heterocycles. The van der Waals surface area contributed by atoms with Crippen molar-refractivity contribution in [2.45, 2.75) is 82.8 Å². The number of Topliss-reactive ketones (excluding diaryl/α,β-unsaturated/α-hetero) is 1. The minimum atomic E-state index is -1.69. The topological polar surface area (TPSA) is 125 Å². The van der Waals surface area contributed by atoms with E-state index in [2.05, 4.69) is 0 Å². The van der Waals surface area contributed by atoms with Crippen LogP contribution in [0.15, 0.2) is 23.8 Å². The molecule has 0 aromatic heterocycles. The Balaban J connectivity index is 1.70. The molecule has 7 atom stereocenters. The molecule has 9 nitrogen and oxygen atoms in total. The molecule has 210 valence electrons. The van der Waals surface area contributed by atoms with Crippen LogP contribution in [0.5, 0.6) is 0 Å². The van der Waals surface area contributed by atoms with E-state index in [1.54, 1.807) is 19.1 Å². The normalized spacial score (nSPS) is 39.3. The molecule has 0 bridgehead atoms. The molecule has 4 aliphatic carbocycles. The molecule has 1 N–H and O–H groups in total. The van der Waals surface area contributed by atoms with Crippen molar-refractivity contribution in [1.29, 1.82) is 0 Å². The Bertz CT molecular complexity index is 1070. The van der Waals surface area contributed by atoms with Crippen molar-refractivity contribution in [3.63, 3.8) is 0 Å². The lowest BCUT2D eigenvalue weighted by Crippen LogP contribution is -2.69. The first-order valence-corrected chi connectivity index (χ1v) is 13.8. The van der Waals surface area contributed by atoms with Gasteiger partial charge in [0.25, 0.3) is 0 Å². The van der Waals surface area contributed by atoms with Crippen LogP contribution in [0.1, 0.15) is 66.2 Å². The number of aliphatic hydroxyl groups excluding tert-OH is 1. The second-order valence-electron chi connectivity index (χ2n) is 11.2. The Hall–Kier alpha value is -2.39. The maximum absolute atomic E-state index is 13.8. The van der Waals surface area contributed by atoms with Gasteiger partial charge in [0.15, 0.2) is 18.0 Å². The predicted octanol–water partition coefficient (Wildman–Crippen LogP) is 4.67. The summed E-state index contributed by atoms with van der Waals surface area (Å²) in [7, 11) is 0. The van der Waals surface area contributed by atoms with E-state index in [1.807, 2.05) is 20.8 Å². The van der Waals surface area contributed by atoms with Crippen LogP contribution >= 0.6 is 11.6 Å². The molecular formula is C28H37ClO9. The van der Waals surface area contributed by atoms with E-state index in [-0.39, 0.29) is 43.7 Å². The van der Waals surface area contributed by atoms with Gasteiger partial charge in [-0.1, -0.05) is 32.4 Å². The van der Waals surface area contributed by atoms with Gasteiger partial charge < -0.3 is 24.1 Å². The van der Waals surface area contributed by atoms with Crippen LogP contribution in [0.4, 0.5) is 9.59 Å². The van der Waals surface area contributed by atoms with Crippen LogP contribution in [0.25, 0.3) is 0 Å². The molecule has 38 heavy (non-hydrogen) atoms. The number of rotatable bonds is 7. The summed E-state index contributed by atoms with van der Waals surface area (Å²) in [4.78, 5) is 49.4. The van der Waals surface area contributed by atoms with Gasteiger partial charge in [-0.3, -0.25) is 9.59 Å². The summed E-state index contributed by atoms with van der Waals surface area (Å²) < 4.78 is 20.9. The molecule has 0 heterocycles. The summed E-state index contributed by atoms with van der Waals surface area (Å²) >= 11 is 7.44. The number of hydrogen-bond donors (Lipinski definition) is 1. The van der Waals surface area contributed by atoms with E-state index in [4.69, 9.17) is 30.5 Å². The number of carbonyl (C=O) groups is 4. The van der Waals surface area contributed by atoms with Gasteiger partial charge in [0.1, 0.15) is 0 Å². The molecule has 10 heteroatoms. The predicted molar refractivity (Wildman–Crippen MR) is 137 cm³/mol. The second-order valence-corrected chi connectivity index (χ2v) is 11.9. The van der Waals surface area contributed by atoms with Crippen LogP contribution in [0.2, 0.25) is 0 Å². The molecule has 0 saturated heterocycles. The second kappa shape index (κ2) is 10.3. The summed E-state index contributed by atoms with van der Waals surface area (Å²) in [6.07, 6.45) is 4.40. The number of aliphatic hydroxyl groups is 1. The summed E-state index contributed by atoms with van der Waals surface area (Å²) in [5.74, 6) is -1.13. The van der Waals surface area contributed by atoms with E-state index in [0.29, 0.717) is 25.7 Å². The van der Waals surface area contributed by atoms with Gasteiger partial charge in [-0.2, -0.15) is 0 Å². The highest BCUT2D eigenvalue weighted by atomic mass is 35.5. The maximum atomic E-state index is 13.8. The summed E-state index contributed by atoms with van der Waals surface area (Å²) in [5.41, 5.74) is -2.57. The molecular weight excluding hydrogens is 516 g/mol. The van der Waals surface area contributed by atoms with Crippen LogP contribution < -0.4 is 0 Å². The molecule has 3 fully saturated rings. The number of allylic oxidation sites excluding steroid dienone is 4. The fraction of sp³-hybridized carbons (Fsp3) is 0.714. The SMILES string of the molecule is CCCOC(=O)OCC(=O)[C@@]1(OC(=O)OCC)CC[C@H]2[C@@H]3CCC4=CC(=O)C=C[C@]4(C)[C@@]3(Cl)C(O)C[C@@]21C. The standard InChI is InChI=1S/C28H37ClO9/c1-5-13-36-23(33)37-16-22(32)27(38-24(34)35-6-2)12-10-19-20-8-7-17-14-18(30)9-11-25(17,3)28(20,29)21(31)15-26(19,27)4/h9,11,14,19-21,31H,5-8,10,12-13,15-16H2,1-4H3/t19-,20-,21?,25-,26-,27-,28-/m0/s1. The molecule has 4 aliphatic rings. The van der Waals surface area contributed by atoms with Crippen molar-refractivity contribution in [2.24, 2.45) is 22.7 Å². The van der Waals surface area contributed by atoms with Crippen molar-refractivity contribution in [3.8, 4) is 0 Å². The van der Waals surface area contributed by atoms with Crippen molar-refractivity contribution in [3.05, 3.63) is 23.8 Å². The highest BCUT2D eigenvalue weighted by molar-refractivity contribution is 6.26. The highest BCUT2D eigenvalue weighted by Gasteiger charge is 2.74. The van der Waals surface area contributed by atoms with Crippen LogP contribution in [0, 0.1) is 22.7 Å². The lowest BCUT2D eigenvalue weighted by Gasteiger charge is -2.63. The third-order valence-electron chi connectivity index (χ3n) is 9.48. The fourth-order valence-electron chi connectivity index (χ4n) is 7.64. The van der Waals surface area contributed by atoms with Crippen molar-refractivity contribution in [1.82, 2.24) is 0 Å². The third-order valence-corrected chi connectivity index (χ3v) is 10.4. The third kappa shape index (κ3) is 4.17. The minimum absolute atomic E-state index is 0.0532. The zero-order valence-electron chi connectivity index (χ0n) is 22.4. The van der Waals surface area contributed by atoms with Gasteiger partial charge in [-0.25, -0.2) is 9.59 Å². The summed E-state index contributed by atoms with van der Waals surface area (Å²) in [6.45, 7) is 6.80. The lowest BCUT2D eigenvalue weighted by molar-refractivity contribution is -0.179. The van der Waals surface area contributed by atoms with Gasteiger partial charge in [0.2, 0.25) is 5.78 Å². The molecule has 0 spiro atoms. The van der Waals surface area contributed by atoms with Gasteiger partial charge >= 0.3 is 12.3 Å². The number of fused-ring (bicyclic) bond motifs is 5. The average molecular weight is 553 g/mol. The maximum Gasteiger partial charge on any atom is 0.509 e. The first kappa shape index (κ1) is 28.6. The Morgan fingerprint density at radius 1 is 1.08 bits per heavy atom. The molecule has 0 aromatic rings. The van der Waals surface area contributed by atoms with Crippen LogP contribution in [0.3, 0.4) is 0 Å². The van der Waals surface area contributed by atoms with Gasteiger partial charge in [0, 0.05) is 10.8 Å². The number of hydrogen-bond acceptors (Lipinski definition) is 9. The Labute approximate surface area is 227 Å². The average Bonchev–Trinajstić information content (AvgIpc) is 3.15. The summed E-state index contributed by atoms with van der Waals surface area (Å²) in [5, 5.41) is 11.7. The first-order valence-electron chi connectivity index (χ1n) is 13.4. The monoisotopic (exact) mass is 552 g/mol. The van der Waals surface area contributed by atoms with E-state index in [1.165, 1.54) is 6.08 Å². The molecule has 0 amide bonds. The van der Waals surface area contributed by atoms with Crippen molar-refractivity contribution in [2.75, 3.05) is 19.8 Å². The highest BCUT2D eigenvalue weighted by Crippen LogP contribution is 2.71. The molecule has 1 unspecified atom stereocenters. The van der Waals surface area contributed by atoms with E-state index < -0.39 is 52.1 Å². The number of alkyl halides is 1. The minimum Gasteiger partial charge on any atom is -0.435 e. The van der Waals surface area contributed by atoms with E-state index in [9.17, 15) is 24.3 Å². The zero-order valence-corrected chi connectivity index (χ0v) is 23.2. The molecule has 4 rings (SSSR count). The smallest absolute Gasteiger partial charge is 0.435 e. The van der Waals surface area contributed by atoms with E-state index >= 15 is 0 Å². The quantitative estimate of drug-likeness (QED) is 0.354. The van der Waals surface area contributed by atoms with Gasteiger partial charge in [-0.05, 0) is 69.4 Å². The Morgan fingerprint density at radius 3 is 2.50 bits per heavy atom. The molecule has 0 radical (unpaired) electrons. The first-order chi connectivity index (χ1) is 17.9. The zero-order chi connectivity index (χ0) is 27.9. The Kier molecular flexibility index (Phi) is 7.76. The van der Waals surface area contributed by atoms with Crippen molar-refractivity contribution < 1.29 is 43.2 Å². The number of carbonyl (C=O) groups excluding carboxylic acids is 4. The van der Waals surface area contributed by atoms with Crippen LogP contribution in [-0.4, -0.2) is 65.4 Å². The number of ether oxygens (including phenoxy) is 4. The Morgan fingerprint density at radius 2 is 1.82 bits per heavy atom. The summed E-state index contributed by atoms with van der Waals surface area (Å²) in [6, 6.07) is 0. The van der Waals surface area contributed by atoms with E-state index in [0.717, 1.165) is 5.57 Å². The largest absolute Gasteiger partial charge is 0.509 e. The number of halogens is 1.